The van der Waals surface area contributed by atoms with E-state index >= 15 is 0 Å². The summed E-state index contributed by atoms with van der Waals surface area (Å²) in [6.45, 7) is 7.44. The van der Waals surface area contributed by atoms with Gasteiger partial charge >= 0.3 is 0 Å². The summed E-state index contributed by atoms with van der Waals surface area (Å²) < 4.78 is 0. The second-order valence-electron chi connectivity index (χ2n) is 7.33. The number of halogens is 1. The van der Waals surface area contributed by atoms with Crippen LogP contribution in [0.4, 0.5) is 0 Å². The molecule has 0 aromatic heterocycles. The zero-order chi connectivity index (χ0) is 20.5. The Labute approximate surface area is 168 Å². The largest absolute Gasteiger partial charge is 0.295 e. The molecule has 2 amide bonds. The Balaban J connectivity index is 1.97. The average Bonchev–Trinajstić information content (AvgIpc) is 2.87. The van der Waals surface area contributed by atoms with Crippen LogP contribution in [0.1, 0.15) is 48.4 Å². The molecule has 28 heavy (non-hydrogen) atoms. The number of nitrogens with zero attached hydrogens (tertiary/aromatic N) is 4. The van der Waals surface area contributed by atoms with Crippen molar-refractivity contribution in [2.24, 2.45) is 20.7 Å². The van der Waals surface area contributed by atoms with Gasteiger partial charge in [0.25, 0.3) is 11.8 Å². The molecule has 6 nitrogen and oxygen atoms in total. The van der Waals surface area contributed by atoms with Crippen LogP contribution < -0.4 is 0 Å². The first-order valence-corrected chi connectivity index (χ1v) is 9.23. The quantitative estimate of drug-likeness (QED) is 0.668. The molecule has 0 radical (unpaired) electrons. The highest BCUT2D eigenvalue weighted by Gasteiger charge is 2.55. The van der Waals surface area contributed by atoms with E-state index in [9.17, 15) is 9.59 Å². The minimum atomic E-state index is -1.15. The first-order chi connectivity index (χ1) is 13.2. The summed E-state index contributed by atoms with van der Waals surface area (Å²) in [6, 6.07) is 15.2. The second kappa shape index (κ2) is 7.28. The third-order valence-corrected chi connectivity index (χ3v) is 5.64. The summed E-state index contributed by atoms with van der Waals surface area (Å²) in [6.07, 6.45) is 0. The number of hydrogen-bond acceptors (Lipinski definition) is 4. The fraction of sp³-hybridized carbons (Fsp3) is 0.286. The van der Waals surface area contributed by atoms with Gasteiger partial charge in [0.05, 0.1) is 5.41 Å². The third-order valence-electron chi connectivity index (χ3n) is 5.39. The number of benzene rings is 2. The van der Waals surface area contributed by atoms with Crippen molar-refractivity contribution in [1.29, 1.82) is 0 Å². The molecule has 0 saturated heterocycles. The first-order valence-electron chi connectivity index (χ1n) is 8.85. The molecule has 1 heterocycles. The van der Waals surface area contributed by atoms with E-state index in [2.05, 4.69) is 15.3 Å². The summed E-state index contributed by atoms with van der Waals surface area (Å²) in [5, 5.41) is 14.5. The molecule has 144 valence electrons. The topological polar surface area (TPSA) is 74.5 Å². The smallest absolute Gasteiger partial charge is 0.267 e. The molecule has 2 aromatic carbocycles. The second-order valence-corrected chi connectivity index (χ2v) is 7.76. The summed E-state index contributed by atoms with van der Waals surface area (Å²) >= 11 is 5.92. The van der Waals surface area contributed by atoms with E-state index in [-0.39, 0.29) is 5.91 Å². The van der Waals surface area contributed by atoms with Gasteiger partial charge in [-0.05, 0) is 50.2 Å². The van der Waals surface area contributed by atoms with E-state index in [0.717, 1.165) is 5.71 Å². The molecule has 7 heteroatoms. The predicted octanol–water partition coefficient (Wildman–Crippen LogP) is 5.21. The van der Waals surface area contributed by atoms with Gasteiger partial charge in [-0.3, -0.25) is 9.59 Å². The van der Waals surface area contributed by atoms with Crippen molar-refractivity contribution in [3.05, 3.63) is 70.7 Å². The Kier molecular flexibility index (Phi) is 5.17. The number of amides is 2. The minimum absolute atomic E-state index is 0.338. The van der Waals surface area contributed by atoms with Crippen LogP contribution in [0.2, 0.25) is 5.02 Å². The molecule has 2 aromatic rings. The lowest BCUT2D eigenvalue weighted by atomic mass is 9.77. The average molecular weight is 397 g/mol. The number of rotatable bonds is 3. The van der Waals surface area contributed by atoms with Gasteiger partial charge in [0.1, 0.15) is 0 Å². The van der Waals surface area contributed by atoms with Crippen molar-refractivity contribution >= 4 is 29.1 Å². The maximum Gasteiger partial charge on any atom is 0.295 e. The molecule has 0 bridgehead atoms. The standard InChI is InChI=1S/C21H21ClN4O2/c1-14-20(2,3)21(4,25-23-18(27)15-8-6-5-7-9-15)26(24-14)19(28)16-10-12-17(22)13-11-16/h5-13H,1-4H3. The van der Waals surface area contributed by atoms with E-state index < -0.39 is 17.0 Å². The highest BCUT2D eigenvalue weighted by molar-refractivity contribution is 6.30. The number of hydrogen-bond donors (Lipinski definition) is 0. The number of carbonyl (C=O) groups is 2. The highest BCUT2D eigenvalue weighted by Crippen LogP contribution is 2.45. The molecule has 0 aliphatic carbocycles. The number of azo groups is 1. The van der Waals surface area contributed by atoms with Crippen LogP contribution in [-0.2, 0) is 0 Å². The summed E-state index contributed by atoms with van der Waals surface area (Å²) in [5.74, 6) is -0.809. The lowest BCUT2D eigenvalue weighted by Crippen LogP contribution is -2.51. The highest BCUT2D eigenvalue weighted by atomic mass is 35.5. The van der Waals surface area contributed by atoms with Gasteiger partial charge < -0.3 is 0 Å². The van der Waals surface area contributed by atoms with Crippen molar-refractivity contribution in [3.8, 4) is 0 Å². The fourth-order valence-electron chi connectivity index (χ4n) is 2.89. The van der Waals surface area contributed by atoms with Crippen LogP contribution in [0.15, 0.2) is 69.9 Å². The van der Waals surface area contributed by atoms with Gasteiger partial charge in [-0.15, -0.1) is 5.11 Å². The fourth-order valence-corrected chi connectivity index (χ4v) is 3.01. The van der Waals surface area contributed by atoms with Gasteiger partial charge in [0, 0.05) is 21.9 Å². The third kappa shape index (κ3) is 3.36. The SMILES string of the molecule is CC1=NN(C(=O)c2ccc(Cl)cc2)C(C)(N=NC(=O)c2ccccc2)C1(C)C. The van der Waals surface area contributed by atoms with Gasteiger partial charge in [-0.25, -0.2) is 0 Å². The van der Waals surface area contributed by atoms with Crippen LogP contribution >= 0.6 is 11.6 Å². The molecular formula is C21H21ClN4O2. The molecule has 1 aliphatic heterocycles. The van der Waals surface area contributed by atoms with E-state index in [1.165, 1.54) is 5.01 Å². The van der Waals surface area contributed by atoms with E-state index in [0.29, 0.717) is 16.1 Å². The lowest BCUT2D eigenvalue weighted by Gasteiger charge is -2.37. The zero-order valence-corrected chi connectivity index (χ0v) is 16.9. The van der Waals surface area contributed by atoms with Gasteiger partial charge in [-0.1, -0.05) is 43.6 Å². The van der Waals surface area contributed by atoms with Crippen LogP contribution in [-0.4, -0.2) is 28.2 Å². The van der Waals surface area contributed by atoms with Gasteiger partial charge in [-0.2, -0.15) is 15.2 Å². The molecule has 0 spiro atoms. The monoisotopic (exact) mass is 396 g/mol. The Morgan fingerprint density at radius 3 is 2.18 bits per heavy atom. The van der Waals surface area contributed by atoms with Crippen LogP contribution in [0.25, 0.3) is 0 Å². The van der Waals surface area contributed by atoms with E-state index in [4.69, 9.17) is 11.6 Å². The Bertz CT molecular complexity index is 968. The van der Waals surface area contributed by atoms with Crippen molar-refractivity contribution < 1.29 is 9.59 Å². The Morgan fingerprint density at radius 2 is 1.57 bits per heavy atom. The Morgan fingerprint density at radius 1 is 0.964 bits per heavy atom. The maximum absolute atomic E-state index is 13.1. The van der Waals surface area contributed by atoms with Crippen LogP contribution in [0.3, 0.4) is 0 Å². The maximum atomic E-state index is 13.1. The van der Waals surface area contributed by atoms with Crippen molar-refractivity contribution in [2.45, 2.75) is 33.4 Å². The molecule has 0 N–H and O–H groups in total. The molecule has 0 fully saturated rings. The number of hydrazone groups is 1. The lowest BCUT2D eigenvalue weighted by molar-refractivity contribution is 0.0386. The van der Waals surface area contributed by atoms with Crippen molar-refractivity contribution in [1.82, 2.24) is 5.01 Å². The summed E-state index contributed by atoms with van der Waals surface area (Å²) in [4.78, 5) is 25.5. The Hall–Kier alpha value is -2.86. The normalized spacial score (nSPS) is 21.0. The van der Waals surface area contributed by atoms with Gasteiger partial charge in [0.15, 0.2) is 5.66 Å². The summed E-state index contributed by atoms with van der Waals surface area (Å²) in [7, 11) is 0. The minimum Gasteiger partial charge on any atom is -0.267 e. The molecule has 1 unspecified atom stereocenters. The van der Waals surface area contributed by atoms with Crippen LogP contribution in [0.5, 0.6) is 0 Å². The number of carbonyl (C=O) groups excluding carboxylic acids is 2. The molecule has 3 rings (SSSR count). The first kappa shape index (κ1) is 19.9. The predicted molar refractivity (Wildman–Crippen MR) is 109 cm³/mol. The summed E-state index contributed by atoms with van der Waals surface area (Å²) in [5.41, 5.74) is -0.190. The molecule has 1 aliphatic rings. The van der Waals surface area contributed by atoms with Crippen molar-refractivity contribution in [2.75, 3.05) is 0 Å². The zero-order valence-electron chi connectivity index (χ0n) is 16.2. The van der Waals surface area contributed by atoms with E-state index in [1.807, 2.05) is 26.8 Å². The van der Waals surface area contributed by atoms with E-state index in [1.54, 1.807) is 55.5 Å². The molecule has 1 atom stereocenters. The van der Waals surface area contributed by atoms with Gasteiger partial charge in [0.2, 0.25) is 0 Å². The van der Waals surface area contributed by atoms with Crippen molar-refractivity contribution in [3.63, 3.8) is 0 Å². The van der Waals surface area contributed by atoms with Crippen LogP contribution in [0, 0.1) is 5.41 Å². The molecule has 0 saturated carbocycles. The molecular weight excluding hydrogens is 376 g/mol.